The number of H-pyrrole nitrogens is 1. The van der Waals surface area contributed by atoms with Crippen molar-refractivity contribution in [2.75, 3.05) is 23.7 Å². The Kier molecular flexibility index (Phi) is 5.53. The molecule has 174 valence electrons. The number of fused-ring (bicyclic) bond motifs is 1. The molecule has 0 bridgehead atoms. The topological polar surface area (TPSA) is 104 Å². The number of aryl methyl sites for hydroxylation is 3. The predicted molar refractivity (Wildman–Crippen MR) is 134 cm³/mol. The number of carbonyl (C=O) groups excluding carboxylic acids is 1. The number of nitrogens with zero attached hydrogens (tertiary/aromatic N) is 5. The van der Waals surface area contributed by atoms with Gasteiger partial charge in [-0.3, -0.25) is 9.48 Å². The van der Waals surface area contributed by atoms with E-state index in [0.29, 0.717) is 23.2 Å². The van der Waals surface area contributed by atoms with Crippen molar-refractivity contribution in [3.8, 4) is 11.3 Å². The van der Waals surface area contributed by atoms with Crippen LogP contribution >= 0.6 is 0 Å². The van der Waals surface area contributed by atoms with Crippen LogP contribution in [0.2, 0.25) is 0 Å². The van der Waals surface area contributed by atoms with Crippen LogP contribution < -0.4 is 10.6 Å². The fourth-order valence-electron chi connectivity index (χ4n) is 4.29. The minimum Gasteiger partial charge on any atom is -0.368 e. The van der Waals surface area contributed by atoms with Crippen molar-refractivity contribution in [2.24, 2.45) is 7.05 Å². The zero-order valence-corrected chi connectivity index (χ0v) is 19.6. The number of hydrogen-bond donors (Lipinski definition) is 3. The van der Waals surface area contributed by atoms with Crippen LogP contribution in [0.5, 0.6) is 0 Å². The van der Waals surface area contributed by atoms with Crippen molar-refractivity contribution in [2.45, 2.75) is 26.7 Å². The van der Waals surface area contributed by atoms with Gasteiger partial charge in [-0.2, -0.15) is 5.10 Å². The highest BCUT2D eigenvalue weighted by atomic mass is 16.2. The maximum atomic E-state index is 12.8. The maximum absolute atomic E-state index is 12.8. The van der Waals surface area contributed by atoms with Crippen LogP contribution in [0.15, 0.2) is 48.9 Å². The fourth-order valence-corrected chi connectivity index (χ4v) is 4.29. The van der Waals surface area contributed by atoms with Gasteiger partial charge >= 0.3 is 0 Å². The van der Waals surface area contributed by atoms with Crippen molar-refractivity contribution in [1.82, 2.24) is 29.6 Å². The number of rotatable bonds is 6. The number of anilines is 3. The molecule has 1 amide bonds. The molecule has 0 radical (unpaired) electrons. The first-order chi connectivity index (χ1) is 16.4. The Morgan fingerprint density at radius 3 is 2.74 bits per heavy atom. The molecule has 0 atom stereocenters. The Morgan fingerprint density at radius 1 is 1.21 bits per heavy atom. The Labute approximate surface area is 197 Å². The lowest BCUT2D eigenvalue weighted by atomic mass is 10.1. The average molecular weight is 457 g/mol. The van der Waals surface area contributed by atoms with Gasteiger partial charge in [0.05, 0.1) is 22.6 Å². The molecule has 3 aromatic heterocycles. The van der Waals surface area contributed by atoms with E-state index in [9.17, 15) is 4.79 Å². The van der Waals surface area contributed by atoms with Crippen molar-refractivity contribution in [1.29, 1.82) is 0 Å². The summed E-state index contributed by atoms with van der Waals surface area (Å²) in [7, 11) is 1.89. The summed E-state index contributed by atoms with van der Waals surface area (Å²) in [6, 6.07) is 7.78. The summed E-state index contributed by atoms with van der Waals surface area (Å²) in [4.78, 5) is 27.4. The van der Waals surface area contributed by atoms with E-state index < -0.39 is 0 Å². The molecule has 0 unspecified atom stereocenters. The van der Waals surface area contributed by atoms with Gasteiger partial charge in [0.1, 0.15) is 0 Å². The van der Waals surface area contributed by atoms with Gasteiger partial charge in [-0.05, 0) is 38.3 Å². The molecular weight excluding hydrogens is 428 g/mol. The van der Waals surface area contributed by atoms with E-state index in [2.05, 4.69) is 32.3 Å². The average Bonchev–Trinajstić information content (AvgIpc) is 3.56. The van der Waals surface area contributed by atoms with Gasteiger partial charge in [-0.15, -0.1) is 0 Å². The molecule has 1 saturated heterocycles. The number of benzene rings is 1. The second-order valence-corrected chi connectivity index (χ2v) is 8.67. The first kappa shape index (κ1) is 21.7. The molecule has 4 heterocycles. The normalized spacial score (nSPS) is 13.4. The van der Waals surface area contributed by atoms with Gasteiger partial charge in [0, 0.05) is 55.2 Å². The van der Waals surface area contributed by atoms with Gasteiger partial charge in [0.25, 0.3) is 5.91 Å². The van der Waals surface area contributed by atoms with Crippen LogP contribution in [-0.2, 0) is 11.8 Å². The smallest absolute Gasteiger partial charge is 0.271 e. The number of aromatic nitrogens is 5. The molecule has 9 heteroatoms. The van der Waals surface area contributed by atoms with Crippen LogP contribution in [0.4, 0.5) is 17.5 Å². The van der Waals surface area contributed by atoms with E-state index in [-0.39, 0.29) is 5.91 Å². The number of nitrogens with one attached hydrogen (secondary N) is 3. The van der Waals surface area contributed by atoms with E-state index in [1.807, 2.05) is 56.3 Å². The number of amides is 1. The highest BCUT2D eigenvalue weighted by Gasteiger charge is 2.20. The van der Waals surface area contributed by atoms with Crippen LogP contribution in [0.3, 0.4) is 0 Å². The Hall–Kier alpha value is -4.14. The summed E-state index contributed by atoms with van der Waals surface area (Å²) in [6.07, 6.45) is 5.90. The monoisotopic (exact) mass is 456 g/mol. The van der Waals surface area contributed by atoms with E-state index in [1.54, 1.807) is 10.9 Å². The van der Waals surface area contributed by atoms with Crippen LogP contribution in [-0.4, -0.2) is 48.6 Å². The van der Waals surface area contributed by atoms with Gasteiger partial charge < -0.3 is 20.5 Å². The van der Waals surface area contributed by atoms with E-state index in [0.717, 1.165) is 59.3 Å². The molecule has 1 aromatic carbocycles. The molecule has 9 nitrogen and oxygen atoms in total. The number of carbonyl (C=O) groups is 1. The summed E-state index contributed by atoms with van der Waals surface area (Å²) in [5, 5.41) is 11.6. The molecule has 0 aliphatic carbocycles. The molecule has 1 aliphatic rings. The standard InChI is InChI=1S/C25H28N8O/c1-15-13-27-25(29-21-12-16(2)32(4)31-21)30-22(15)19-14-26-23-18(19)8-7-9-20(23)28-24(34)17(3)33-10-5-6-11-33/h7-9,12-14,26H,3,5-6,10-11H2,1-2,4H3,(H,28,34)(H,27,29,30,31). The second-order valence-electron chi connectivity index (χ2n) is 8.67. The number of para-hydroxylation sites is 1. The summed E-state index contributed by atoms with van der Waals surface area (Å²) >= 11 is 0. The van der Waals surface area contributed by atoms with Crippen molar-refractivity contribution < 1.29 is 4.79 Å². The second kappa shape index (κ2) is 8.66. The molecule has 0 spiro atoms. The summed E-state index contributed by atoms with van der Waals surface area (Å²) in [5.74, 6) is 0.984. The molecule has 0 saturated carbocycles. The Bertz CT molecular complexity index is 1370. The number of likely N-dealkylation sites (tertiary alicyclic amines) is 1. The third-order valence-corrected chi connectivity index (χ3v) is 6.29. The first-order valence-corrected chi connectivity index (χ1v) is 11.4. The zero-order chi connectivity index (χ0) is 23.8. The lowest BCUT2D eigenvalue weighted by molar-refractivity contribution is -0.114. The quantitative estimate of drug-likeness (QED) is 0.375. The van der Waals surface area contributed by atoms with Gasteiger partial charge in [-0.25, -0.2) is 9.97 Å². The van der Waals surface area contributed by atoms with Crippen LogP contribution in [0, 0.1) is 13.8 Å². The minimum absolute atomic E-state index is 0.180. The Morgan fingerprint density at radius 2 is 2.00 bits per heavy atom. The SMILES string of the molecule is C=C(C(=O)Nc1cccc2c(-c3nc(Nc4cc(C)n(C)n4)ncc3C)c[nH]c12)N1CCCC1. The molecule has 3 N–H and O–H groups in total. The van der Waals surface area contributed by atoms with Crippen molar-refractivity contribution >= 4 is 34.3 Å². The van der Waals surface area contributed by atoms with Crippen molar-refractivity contribution in [3.05, 3.63) is 60.2 Å². The minimum atomic E-state index is -0.180. The highest BCUT2D eigenvalue weighted by Crippen LogP contribution is 2.33. The molecule has 1 aliphatic heterocycles. The molecule has 1 fully saturated rings. The fraction of sp³-hybridized carbons (Fsp3) is 0.280. The van der Waals surface area contributed by atoms with Crippen LogP contribution in [0.25, 0.3) is 22.2 Å². The summed E-state index contributed by atoms with van der Waals surface area (Å²) in [5.41, 5.74) is 5.78. The molecule has 5 rings (SSSR count). The van der Waals surface area contributed by atoms with E-state index >= 15 is 0 Å². The van der Waals surface area contributed by atoms with Gasteiger partial charge in [0.15, 0.2) is 5.82 Å². The third kappa shape index (κ3) is 4.00. The van der Waals surface area contributed by atoms with Crippen LogP contribution in [0.1, 0.15) is 24.1 Å². The maximum Gasteiger partial charge on any atom is 0.271 e. The molecular formula is C25H28N8O. The largest absolute Gasteiger partial charge is 0.368 e. The van der Waals surface area contributed by atoms with E-state index in [1.165, 1.54) is 0 Å². The predicted octanol–water partition coefficient (Wildman–Crippen LogP) is 4.27. The first-order valence-electron chi connectivity index (χ1n) is 11.4. The Balaban J connectivity index is 1.44. The summed E-state index contributed by atoms with van der Waals surface area (Å²) in [6.45, 7) is 9.73. The van der Waals surface area contributed by atoms with Crippen molar-refractivity contribution in [3.63, 3.8) is 0 Å². The van der Waals surface area contributed by atoms with Gasteiger partial charge in [-0.1, -0.05) is 18.7 Å². The zero-order valence-electron chi connectivity index (χ0n) is 19.6. The number of hydrogen-bond acceptors (Lipinski definition) is 6. The number of aromatic amines is 1. The molecule has 4 aromatic rings. The lowest BCUT2D eigenvalue weighted by Crippen LogP contribution is -2.27. The summed E-state index contributed by atoms with van der Waals surface area (Å²) < 4.78 is 1.80. The van der Waals surface area contributed by atoms with E-state index in [4.69, 9.17) is 4.98 Å². The molecule has 34 heavy (non-hydrogen) atoms. The lowest BCUT2D eigenvalue weighted by Gasteiger charge is -2.19. The van der Waals surface area contributed by atoms with Gasteiger partial charge in [0.2, 0.25) is 5.95 Å². The highest BCUT2D eigenvalue weighted by molar-refractivity contribution is 6.09. The third-order valence-electron chi connectivity index (χ3n) is 6.29.